The van der Waals surface area contributed by atoms with Crippen molar-refractivity contribution in [1.82, 2.24) is 0 Å². The van der Waals surface area contributed by atoms with Crippen molar-refractivity contribution in [3.63, 3.8) is 0 Å². The van der Waals surface area contributed by atoms with E-state index in [0.29, 0.717) is 24.5 Å². The van der Waals surface area contributed by atoms with Gasteiger partial charge in [0.2, 0.25) is 0 Å². The third kappa shape index (κ3) is 4.07. The minimum atomic E-state index is -0.388. The predicted molar refractivity (Wildman–Crippen MR) is 67.0 cm³/mol. The number of hydrogen-bond acceptors (Lipinski definition) is 4. The Bertz CT molecular complexity index is 357. The normalized spacial score (nSPS) is 10.2. The van der Waals surface area contributed by atoms with Crippen LogP contribution in [0.15, 0.2) is 18.2 Å². The monoisotopic (exact) mass is 237 g/mol. The zero-order valence-corrected chi connectivity index (χ0v) is 10.4. The summed E-state index contributed by atoms with van der Waals surface area (Å²) >= 11 is 0. The van der Waals surface area contributed by atoms with E-state index in [9.17, 15) is 4.79 Å². The lowest BCUT2D eigenvalue weighted by Gasteiger charge is -2.09. The van der Waals surface area contributed by atoms with Crippen molar-refractivity contribution in [3.05, 3.63) is 29.3 Å². The van der Waals surface area contributed by atoms with Crippen LogP contribution in [0, 0.1) is 6.92 Å². The molecule has 0 saturated carbocycles. The topological polar surface area (TPSA) is 61.5 Å². The second-order valence-corrected chi connectivity index (χ2v) is 3.79. The van der Waals surface area contributed by atoms with Crippen LogP contribution in [0.3, 0.4) is 0 Å². The van der Waals surface area contributed by atoms with Crippen molar-refractivity contribution in [2.45, 2.75) is 20.3 Å². The molecular formula is C13H19NO3. The van der Waals surface area contributed by atoms with Gasteiger partial charge in [0.1, 0.15) is 6.61 Å². The number of aryl methyl sites for hydroxylation is 1. The molecule has 0 aliphatic heterocycles. The molecule has 2 N–H and O–H groups in total. The molecule has 1 aromatic rings. The number of nitrogens with two attached hydrogens (primary N) is 1. The molecule has 1 aromatic carbocycles. The Morgan fingerprint density at radius 3 is 2.71 bits per heavy atom. The molecule has 0 fully saturated rings. The van der Waals surface area contributed by atoms with Crippen LogP contribution in [0.4, 0.5) is 5.69 Å². The van der Waals surface area contributed by atoms with E-state index in [2.05, 4.69) is 0 Å². The largest absolute Gasteiger partial charge is 0.460 e. The van der Waals surface area contributed by atoms with E-state index in [-0.39, 0.29) is 12.6 Å². The fraction of sp³-hybridized carbons (Fsp3) is 0.462. The summed E-state index contributed by atoms with van der Waals surface area (Å²) in [7, 11) is 0. The highest BCUT2D eigenvalue weighted by molar-refractivity contribution is 5.96. The first kappa shape index (κ1) is 13.5. The number of ether oxygens (including phenoxy) is 2. The number of carbonyl (C=O) groups excluding carboxylic acids is 1. The zero-order valence-electron chi connectivity index (χ0n) is 10.4. The Balaban J connectivity index is 2.47. The van der Waals surface area contributed by atoms with E-state index >= 15 is 0 Å². The van der Waals surface area contributed by atoms with Crippen molar-refractivity contribution in [2.24, 2.45) is 0 Å². The van der Waals surface area contributed by atoms with Crippen LogP contribution in [0.25, 0.3) is 0 Å². The van der Waals surface area contributed by atoms with Gasteiger partial charge in [-0.25, -0.2) is 4.79 Å². The molecule has 0 aliphatic carbocycles. The molecule has 0 radical (unpaired) electrons. The summed E-state index contributed by atoms with van der Waals surface area (Å²) in [6.07, 6.45) is 0.957. The van der Waals surface area contributed by atoms with Gasteiger partial charge in [0.25, 0.3) is 0 Å². The van der Waals surface area contributed by atoms with Crippen LogP contribution in [0.2, 0.25) is 0 Å². The Morgan fingerprint density at radius 1 is 1.29 bits per heavy atom. The quantitative estimate of drug-likeness (QED) is 0.468. The molecule has 17 heavy (non-hydrogen) atoms. The van der Waals surface area contributed by atoms with Crippen molar-refractivity contribution in [1.29, 1.82) is 0 Å². The van der Waals surface area contributed by atoms with Crippen molar-refractivity contribution >= 4 is 11.7 Å². The minimum Gasteiger partial charge on any atom is -0.460 e. The minimum absolute atomic E-state index is 0.257. The van der Waals surface area contributed by atoms with Gasteiger partial charge in [-0.2, -0.15) is 0 Å². The first-order valence-electron chi connectivity index (χ1n) is 5.76. The van der Waals surface area contributed by atoms with E-state index < -0.39 is 0 Å². The molecule has 1 rings (SSSR count). The van der Waals surface area contributed by atoms with Gasteiger partial charge in [0.05, 0.1) is 12.2 Å². The van der Waals surface area contributed by atoms with Gasteiger partial charge in [0.15, 0.2) is 0 Å². The van der Waals surface area contributed by atoms with Crippen LogP contribution in [-0.4, -0.2) is 25.8 Å². The Kier molecular flexibility index (Phi) is 5.49. The number of rotatable bonds is 6. The van der Waals surface area contributed by atoms with Crippen molar-refractivity contribution in [3.8, 4) is 0 Å². The molecular weight excluding hydrogens is 218 g/mol. The SMILES string of the molecule is CCCOCCOC(=O)c1c(C)cccc1N. The lowest BCUT2D eigenvalue weighted by Crippen LogP contribution is -2.14. The van der Waals surface area contributed by atoms with Crippen molar-refractivity contribution in [2.75, 3.05) is 25.6 Å². The number of nitrogen functional groups attached to an aromatic ring is 1. The van der Waals surface area contributed by atoms with E-state index in [1.807, 2.05) is 26.0 Å². The van der Waals surface area contributed by atoms with Gasteiger partial charge in [-0.3, -0.25) is 0 Å². The summed E-state index contributed by atoms with van der Waals surface area (Å²) in [5, 5.41) is 0. The molecule has 0 bridgehead atoms. The van der Waals surface area contributed by atoms with Gasteiger partial charge in [-0.1, -0.05) is 19.1 Å². The number of hydrogen-bond donors (Lipinski definition) is 1. The van der Waals surface area contributed by atoms with Gasteiger partial charge >= 0.3 is 5.97 Å². The Hall–Kier alpha value is -1.55. The standard InChI is InChI=1S/C13H19NO3/c1-3-7-16-8-9-17-13(15)12-10(2)5-4-6-11(12)14/h4-6H,3,7-9,14H2,1-2H3. The Morgan fingerprint density at radius 2 is 2.06 bits per heavy atom. The summed E-state index contributed by atoms with van der Waals surface area (Å²) < 4.78 is 10.3. The fourth-order valence-electron chi connectivity index (χ4n) is 1.48. The second-order valence-electron chi connectivity index (χ2n) is 3.79. The lowest BCUT2D eigenvalue weighted by atomic mass is 10.1. The molecule has 0 spiro atoms. The third-order valence-corrected chi connectivity index (χ3v) is 2.32. The first-order valence-corrected chi connectivity index (χ1v) is 5.76. The summed E-state index contributed by atoms with van der Waals surface area (Å²) in [6, 6.07) is 5.34. The molecule has 4 nitrogen and oxygen atoms in total. The third-order valence-electron chi connectivity index (χ3n) is 2.32. The maximum Gasteiger partial charge on any atom is 0.340 e. The zero-order chi connectivity index (χ0) is 12.7. The van der Waals surface area contributed by atoms with E-state index in [1.165, 1.54) is 0 Å². The molecule has 94 valence electrons. The number of carbonyl (C=O) groups is 1. The average molecular weight is 237 g/mol. The van der Waals surface area contributed by atoms with E-state index in [1.54, 1.807) is 6.07 Å². The maximum atomic E-state index is 11.8. The lowest BCUT2D eigenvalue weighted by molar-refractivity contribution is 0.0319. The number of benzene rings is 1. The van der Waals surface area contributed by atoms with Crippen LogP contribution in [0.5, 0.6) is 0 Å². The second kappa shape index (κ2) is 6.91. The van der Waals surface area contributed by atoms with E-state index in [4.69, 9.17) is 15.2 Å². The highest BCUT2D eigenvalue weighted by atomic mass is 16.6. The molecule has 4 heteroatoms. The molecule has 0 aromatic heterocycles. The number of esters is 1. The van der Waals surface area contributed by atoms with Gasteiger partial charge in [-0.05, 0) is 25.0 Å². The van der Waals surface area contributed by atoms with Gasteiger partial charge < -0.3 is 15.2 Å². The molecule has 0 atom stereocenters. The van der Waals surface area contributed by atoms with Crippen LogP contribution in [-0.2, 0) is 9.47 Å². The molecule has 0 amide bonds. The van der Waals surface area contributed by atoms with Crippen LogP contribution in [0.1, 0.15) is 29.3 Å². The molecule has 0 saturated heterocycles. The highest BCUT2D eigenvalue weighted by Gasteiger charge is 2.13. The van der Waals surface area contributed by atoms with Crippen molar-refractivity contribution < 1.29 is 14.3 Å². The predicted octanol–water partition coefficient (Wildman–Crippen LogP) is 2.16. The Labute approximate surface area is 102 Å². The summed E-state index contributed by atoms with van der Waals surface area (Å²) in [6.45, 7) is 5.22. The maximum absolute atomic E-state index is 11.8. The van der Waals surface area contributed by atoms with Crippen LogP contribution < -0.4 is 5.73 Å². The summed E-state index contributed by atoms with van der Waals surface area (Å²) in [4.78, 5) is 11.8. The summed E-state index contributed by atoms with van der Waals surface area (Å²) in [5.41, 5.74) is 7.46. The fourth-order valence-corrected chi connectivity index (χ4v) is 1.48. The smallest absolute Gasteiger partial charge is 0.340 e. The average Bonchev–Trinajstić information content (AvgIpc) is 2.28. The first-order chi connectivity index (χ1) is 8.16. The van der Waals surface area contributed by atoms with Gasteiger partial charge in [-0.15, -0.1) is 0 Å². The molecule has 0 unspecified atom stereocenters. The van der Waals surface area contributed by atoms with Gasteiger partial charge in [0, 0.05) is 12.3 Å². The van der Waals surface area contributed by atoms with E-state index in [0.717, 1.165) is 12.0 Å². The van der Waals surface area contributed by atoms with Crippen LogP contribution >= 0.6 is 0 Å². The molecule has 0 aliphatic rings. The number of anilines is 1. The molecule has 0 heterocycles. The summed E-state index contributed by atoms with van der Waals surface area (Å²) in [5.74, 6) is -0.388. The highest BCUT2D eigenvalue weighted by Crippen LogP contribution is 2.17.